The predicted octanol–water partition coefficient (Wildman–Crippen LogP) is 2.18. The minimum Gasteiger partial charge on any atom is -0.507 e. The monoisotopic (exact) mass is 291 g/mol. The van der Waals surface area contributed by atoms with Crippen molar-refractivity contribution >= 4 is 5.97 Å². The summed E-state index contributed by atoms with van der Waals surface area (Å²) >= 11 is 0. The Hall–Kier alpha value is -2.04. The first-order valence-electron chi connectivity index (χ1n) is 4.68. The predicted molar refractivity (Wildman–Crippen MR) is 60.7 cm³/mol. The van der Waals surface area contributed by atoms with Crippen molar-refractivity contribution in [2.75, 3.05) is 0 Å². The van der Waals surface area contributed by atoms with Crippen LogP contribution >= 0.6 is 0 Å². The van der Waals surface area contributed by atoms with E-state index in [1.54, 1.807) is 0 Å². The molecule has 0 heterocycles. The number of carboxylic acids is 1. The summed E-state index contributed by atoms with van der Waals surface area (Å²) in [7, 11) is 0. The molecule has 0 fully saturated rings. The molecular formula is C12H11FeO5-. The molecule has 0 aliphatic heterocycles. The van der Waals surface area contributed by atoms with Crippen molar-refractivity contribution in [2.24, 2.45) is 0 Å². The Balaban J connectivity index is 0.000000405. The first kappa shape index (κ1) is 16.0. The van der Waals surface area contributed by atoms with Crippen molar-refractivity contribution in [1.82, 2.24) is 0 Å². The van der Waals surface area contributed by atoms with E-state index in [1.165, 1.54) is 0 Å². The molecule has 0 spiro atoms. The fraction of sp³-hybridized carbons (Fsp3) is 0. The number of allylic oxidation sites excluding steroid dienone is 2. The summed E-state index contributed by atoms with van der Waals surface area (Å²) in [5.74, 6) is -3.01. The summed E-state index contributed by atoms with van der Waals surface area (Å²) in [5.41, 5.74) is -0.796. The number of carboxylic acid groups (broad SMARTS) is 1. The van der Waals surface area contributed by atoms with Crippen LogP contribution in [0.1, 0.15) is 0 Å². The third-order valence-electron chi connectivity index (χ3n) is 1.94. The minimum atomic E-state index is -1.41. The van der Waals surface area contributed by atoms with Gasteiger partial charge in [0.05, 0.1) is 5.57 Å². The first-order chi connectivity index (χ1) is 8.04. The second-order valence-corrected chi connectivity index (χ2v) is 3.10. The maximum atomic E-state index is 10.4. The van der Waals surface area contributed by atoms with Gasteiger partial charge in [-0.1, -0.05) is 0 Å². The second kappa shape index (κ2) is 7.32. The quantitative estimate of drug-likeness (QED) is 0.361. The van der Waals surface area contributed by atoms with Crippen molar-refractivity contribution in [1.29, 1.82) is 0 Å². The Morgan fingerprint density at radius 2 is 1.61 bits per heavy atom. The van der Waals surface area contributed by atoms with Crippen molar-refractivity contribution in [3.8, 4) is 0 Å². The van der Waals surface area contributed by atoms with Crippen LogP contribution in [-0.4, -0.2) is 26.4 Å². The van der Waals surface area contributed by atoms with Crippen LogP contribution in [0.25, 0.3) is 0 Å². The number of hydrogen-bond acceptors (Lipinski definition) is 4. The standard InChI is InChI=1S/C7H6O5.C5H5.Fe/c8-4-2-1-3(6(9)10)5(4)7(11)12;1-2-4-5-3-1;/h1-2,8-10H,(H,11,12);1-5H;/q;-1;. The molecule has 0 aromatic heterocycles. The van der Waals surface area contributed by atoms with Crippen LogP contribution in [0.4, 0.5) is 0 Å². The van der Waals surface area contributed by atoms with Gasteiger partial charge in [-0.25, -0.2) is 16.9 Å². The number of carbonyl (C=O) groups is 1. The summed E-state index contributed by atoms with van der Waals surface area (Å²) < 4.78 is 0. The zero-order valence-electron chi connectivity index (χ0n) is 9.09. The molecule has 0 radical (unpaired) electrons. The molecule has 0 unspecified atom stereocenters. The van der Waals surface area contributed by atoms with Crippen LogP contribution in [-0.2, 0) is 21.9 Å². The summed E-state index contributed by atoms with van der Waals surface area (Å²) in [5, 5.41) is 34.6. The van der Waals surface area contributed by atoms with E-state index in [-0.39, 0.29) is 22.6 Å². The van der Waals surface area contributed by atoms with E-state index >= 15 is 0 Å². The van der Waals surface area contributed by atoms with E-state index in [1.807, 2.05) is 30.3 Å². The number of aliphatic carboxylic acids is 1. The normalized spacial score (nSPS) is 12.6. The van der Waals surface area contributed by atoms with Gasteiger partial charge in [0, 0.05) is 17.1 Å². The molecule has 0 saturated carbocycles. The molecule has 2 rings (SSSR count). The van der Waals surface area contributed by atoms with Crippen LogP contribution in [0.15, 0.2) is 65.3 Å². The Bertz CT molecular complexity index is 461. The first-order valence-corrected chi connectivity index (χ1v) is 4.68. The average molecular weight is 291 g/mol. The zero-order chi connectivity index (χ0) is 12.8. The van der Waals surface area contributed by atoms with Crippen molar-refractivity contribution in [3.63, 3.8) is 0 Å². The number of aliphatic hydroxyl groups is 3. The van der Waals surface area contributed by atoms with Crippen LogP contribution < -0.4 is 0 Å². The van der Waals surface area contributed by atoms with Crippen LogP contribution in [0.2, 0.25) is 0 Å². The molecule has 18 heavy (non-hydrogen) atoms. The maximum absolute atomic E-state index is 10.4. The average Bonchev–Trinajstić information content (AvgIpc) is 2.87. The van der Waals surface area contributed by atoms with E-state index in [0.29, 0.717) is 0 Å². The maximum Gasteiger partial charge on any atom is 0.340 e. The van der Waals surface area contributed by atoms with E-state index in [4.69, 9.17) is 20.4 Å². The Morgan fingerprint density at radius 1 is 1.06 bits per heavy atom. The molecule has 0 atom stereocenters. The summed E-state index contributed by atoms with van der Waals surface area (Å²) in [4.78, 5) is 10.4. The summed E-state index contributed by atoms with van der Waals surface area (Å²) in [6.07, 6.45) is 2.18. The Kier molecular flexibility index (Phi) is 6.49. The SMILES string of the molecule is O=C(O)C1=C(O)C=CC1=C(O)O.[Fe].c1cc[cH-]c1. The van der Waals surface area contributed by atoms with Gasteiger partial charge in [0.25, 0.3) is 5.95 Å². The van der Waals surface area contributed by atoms with E-state index in [0.717, 1.165) is 12.2 Å². The topological polar surface area (TPSA) is 98.0 Å². The van der Waals surface area contributed by atoms with Crippen molar-refractivity contribution < 1.29 is 42.3 Å². The second-order valence-electron chi connectivity index (χ2n) is 3.10. The van der Waals surface area contributed by atoms with Gasteiger partial charge in [0.2, 0.25) is 0 Å². The van der Waals surface area contributed by atoms with Gasteiger partial charge in [0.1, 0.15) is 11.3 Å². The van der Waals surface area contributed by atoms with Crippen LogP contribution in [0, 0.1) is 0 Å². The van der Waals surface area contributed by atoms with Gasteiger partial charge in [-0.15, -0.1) is 0 Å². The molecule has 1 aliphatic rings. The van der Waals surface area contributed by atoms with E-state index in [9.17, 15) is 4.79 Å². The Labute approximate surface area is 114 Å². The molecule has 4 N–H and O–H groups in total. The molecule has 1 aromatic rings. The molecule has 1 aromatic carbocycles. The Morgan fingerprint density at radius 3 is 1.89 bits per heavy atom. The number of aliphatic hydroxyl groups excluding tert-OH is 2. The van der Waals surface area contributed by atoms with Gasteiger partial charge in [-0.2, -0.15) is 18.2 Å². The largest absolute Gasteiger partial charge is 0.507 e. The van der Waals surface area contributed by atoms with Gasteiger partial charge in [-0.3, -0.25) is 0 Å². The molecule has 0 bridgehead atoms. The van der Waals surface area contributed by atoms with E-state index in [2.05, 4.69) is 0 Å². The number of rotatable bonds is 1. The van der Waals surface area contributed by atoms with Crippen molar-refractivity contribution in [2.45, 2.75) is 0 Å². The van der Waals surface area contributed by atoms with Gasteiger partial charge in [-0.05, 0) is 12.2 Å². The van der Waals surface area contributed by atoms with Gasteiger partial charge >= 0.3 is 5.97 Å². The smallest absolute Gasteiger partial charge is 0.340 e. The third kappa shape index (κ3) is 4.08. The molecule has 1 aliphatic carbocycles. The van der Waals surface area contributed by atoms with Crippen LogP contribution in [0.3, 0.4) is 0 Å². The van der Waals surface area contributed by atoms with Crippen molar-refractivity contribution in [3.05, 3.63) is 65.3 Å². The molecule has 0 saturated heterocycles. The number of hydrogen-bond donors (Lipinski definition) is 4. The molecule has 5 nitrogen and oxygen atoms in total. The molecular weight excluding hydrogens is 280 g/mol. The molecule has 6 heteroatoms. The zero-order valence-corrected chi connectivity index (χ0v) is 10.2. The minimum absolute atomic E-state index is 0. The van der Waals surface area contributed by atoms with E-state index < -0.39 is 23.2 Å². The fourth-order valence-electron chi connectivity index (χ4n) is 1.20. The molecule has 98 valence electrons. The van der Waals surface area contributed by atoms with Gasteiger partial charge in [0.15, 0.2) is 0 Å². The fourth-order valence-corrected chi connectivity index (χ4v) is 1.20. The third-order valence-corrected chi connectivity index (χ3v) is 1.94. The van der Waals surface area contributed by atoms with Gasteiger partial charge < -0.3 is 20.4 Å². The van der Waals surface area contributed by atoms with Crippen LogP contribution in [0.5, 0.6) is 0 Å². The molecule has 0 amide bonds. The summed E-state index contributed by atoms with van der Waals surface area (Å²) in [6, 6.07) is 10.0. The summed E-state index contributed by atoms with van der Waals surface area (Å²) in [6.45, 7) is 0.